The molecule has 2 aliphatic rings. The van der Waals surface area contributed by atoms with E-state index in [9.17, 15) is 4.79 Å². The van der Waals surface area contributed by atoms with Crippen molar-refractivity contribution in [1.29, 1.82) is 0 Å². The Kier molecular flexibility index (Phi) is 5.34. The standard InChI is InChI=1S/C21H24ClN3O2/c22-18-6-2-16(3-7-18)12-23-20(26)24-19-8-4-17(5-9-19)13-25-11-1-10-21(25)14-27-15-21/h2-9H,1,10-15H2,(H2,23,24,26). The van der Waals surface area contributed by atoms with Gasteiger partial charge < -0.3 is 15.4 Å². The number of ether oxygens (including phenoxy) is 1. The van der Waals surface area contributed by atoms with Crippen LogP contribution in [0.1, 0.15) is 24.0 Å². The van der Waals surface area contributed by atoms with E-state index in [1.807, 2.05) is 36.4 Å². The molecule has 0 aliphatic carbocycles. The molecule has 1 spiro atoms. The summed E-state index contributed by atoms with van der Waals surface area (Å²) in [5, 5.41) is 6.41. The Morgan fingerprint density at radius 2 is 1.78 bits per heavy atom. The van der Waals surface area contributed by atoms with Crippen LogP contribution in [0.15, 0.2) is 48.5 Å². The van der Waals surface area contributed by atoms with Gasteiger partial charge in [-0.25, -0.2) is 4.79 Å². The molecule has 2 fully saturated rings. The van der Waals surface area contributed by atoms with Crippen molar-refractivity contribution in [2.45, 2.75) is 31.5 Å². The molecule has 2 aromatic rings. The highest BCUT2D eigenvalue weighted by Gasteiger charge is 2.46. The summed E-state index contributed by atoms with van der Waals surface area (Å²) < 4.78 is 5.45. The van der Waals surface area contributed by atoms with Crippen LogP contribution in [-0.4, -0.2) is 36.2 Å². The van der Waals surface area contributed by atoms with Crippen molar-refractivity contribution in [1.82, 2.24) is 10.2 Å². The van der Waals surface area contributed by atoms with Crippen molar-refractivity contribution in [3.8, 4) is 0 Å². The van der Waals surface area contributed by atoms with Crippen LogP contribution in [0.5, 0.6) is 0 Å². The summed E-state index contributed by atoms with van der Waals surface area (Å²) >= 11 is 5.87. The zero-order valence-corrected chi connectivity index (χ0v) is 16.0. The van der Waals surface area contributed by atoms with Gasteiger partial charge in [0, 0.05) is 23.8 Å². The minimum atomic E-state index is -0.220. The minimum absolute atomic E-state index is 0.220. The molecule has 4 rings (SSSR count). The van der Waals surface area contributed by atoms with Crippen LogP contribution >= 0.6 is 11.6 Å². The molecule has 0 unspecified atom stereocenters. The van der Waals surface area contributed by atoms with Crippen LogP contribution in [-0.2, 0) is 17.8 Å². The van der Waals surface area contributed by atoms with E-state index in [0.717, 1.165) is 37.6 Å². The molecule has 0 saturated carbocycles. The molecule has 6 heteroatoms. The van der Waals surface area contributed by atoms with Crippen molar-refractivity contribution in [2.75, 3.05) is 25.1 Å². The Labute approximate surface area is 164 Å². The van der Waals surface area contributed by atoms with E-state index in [4.69, 9.17) is 16.3 Å². The smallest absolute Gasteiger partial charge is 0.319 e. The molecule has 2 amide bonds. The van der Waals surface area contributed by atoms with E-state index in [-0.39, 0.29) is 11.6 Å². The van der Waals surface area contributed by atoms with E-state index >= 15 is 0 Å². The third-order valence-electron chi connectivity index (χ3n) is 5.43. The van der Waals surface area contributed by atoms with E-state index in [0.29, 0.717) is 11.6 Å². The second-order valence-corrected chi connectivity index (χ2v) is 7.81. The first kappa shape index (κ1) is 18.3. The number of carbonyl (C=O) groups excluding carboxylic acids is 1. The van der Waals surface area contributed by atoms with Gasteiger partial charge in [-0.05, 0) is 54.8 Å². The average Bonchev–Trinajstić information content (AvgIpc) is 3.07. The van der Waals surface area contributed by atoms with Crippen LogP contribution in [0.4, 0.5) is 10.5 Å². The highest BCUT2D eigenvalue weighted by molar-refractivity contribution is 6.30. The van der Waals surface area contributed by atoms with E-state index in [1.54, 1.807) is 0 Å². The Balaban J connectivity index is 1.27. The summed E-state index contributed by atoms with van der Waals surface area (Å²) in [6.07, 6.45) is 2.48. The number of anilines is 1. The Hall–Kier alpha value is -2.08. The van der Waals surface area contributed by atoms with Gasteiger partial charge in [-0.2, -0.15) is 0 Å². The lowest BCUT2D eigenvalue weighted by molar-refractivity contribution is -0.125. The number of hydrogen-bond donors (Lipinski definition) is 2. The highest BCUT2D eigenvalue weighted by atomic mass is 35.5. The van der Waals surface area contributed by atoms with Crippen molar-refractivity contribution >= 4 is 23.3 Å². The number of carbonyl (C=O) groups is 1. The normalized spacial score (nSPS) is 18.3. The monoisotopic (exact) mass is 385 g/mol. The fraction of sp³-hybridized carbons (Fsp3) is 0.381. The molecule has 2 aliphatic heterocycles. The molecule has 2 heterocycles. The fourth-order valence-electron chi connectivity index (χ4n) is 3.78. The summed E-state index contributed by atoms with van der Waals surface area (Å²) in [5.41, 5.74) is 3.33. The van der Waals surface area contributed by atoms with E-state index in [1.165, 1.54) is 18.4 Å². The topological polar surface area (TPSA) is 53.6 Å². The molecule has 2 aromatic carbocycles. The minimum Gasteiger partial charge on any atom is -0.377 e. The number of nitrogens with one attached hydrogen (secondary N) is 2. The molecule has 27 heavy (non-hydrogen) atoms. The molecule has 142 valence electrons. The lowest BCUT2D eigenvalue weighted by Gasteiger charge is -2.45. The fourth-order valence-corrected chi connectivity index (χ4v) is 3.91. The largest absolute Gasteiger partial charge is 0.377 e. The van der Waals surface area contributed by atoms with Gasteiger partial charge in [-0.15, -0.1) is 0 Å². The van der Waals surface area contributed by atoms with Gasteiger partial charge in [-0.3, -0.25) is 4.90 Å². The van der Waals surface area contributed by atoms with Crippen LogP contribution in [0.3, 0.4) is 0 Å². The van der Waals surface area contributed by atoms with Crippen LogP contribution in [0.25, 0.3) is 0 Å². The zero-order valence-electron chi connectivity index (χ0n) is 15.2. The van der Waals surface area contributed by atoms with Crippen LogP contribution in [0.2, 0.25) is 5.02 Å². The van der Waals surface area contributed by atoms with Gasteiger partial charge in [0.1, 0.15) is 0 Å². The maximum absolute atomic E-state index is 12.1. The van der Waals surface area contributed by atoms with Gasteiger partial charge in [0.15, 0.2) is 0 Å². The SMILES string of the molecule is O=C(NCc1ccc(Cl)cc1)Nc1ccc(CN2CCCC23COC3)cc1. The molecule has 0 radical (unpaired) electrons. The Morgan fingerprint density at radius 1 is 1.07 bits per heavy atom. The molecule has 0 aromatic heterocycles. The Morgan fingerprint density at radius 3 is 2.44 bits per heavy atom. The first-order valence-corrected chi connectivity index (χ1v) is 9.72. The van der Waals surface area contributed by atoms with Crippen molar-refractivity contribution in [3.63, 3.8) is 0 Å². The summed E-state index contributed by atoms with van der Waals surface area (Å²) in [6.45, 7) is 4.25. The summed E-state index contributed by atoms with van der Waals surface area (Å²) in [4.78, 5) is 14.6. The van der Waals surface area contributed by atoms with Crippen molar-refractivity contribution in [3.05, 3.63) is 64.7 Å². The number of hydrogen-bond acceptors (Lipinski definition) is 3. The van der Waals surface area contributed by atoms with Crippen LogP contribution < -0.4 is 10.6 Å². The number of likely N-dealkylation sites (tertiary alicyclic amines) is 1. The van der Waals surface area contributed by atoms with Crippen molar-refractivity contribution in [2.24, 2.45) is 0 Å². The summed E-state index contributed by atoms with van der Waals surface area (Å²) in [5.74, 6) is 0. The van der Waals surface area contributed by atoms with Crippen molar-refractivity contribution < 1.29 is 9.53 Å². The lowest BCUT2D eigenvalue weighted by Crippen LogP contribution is -2.58. The molecule has 0 atom stereocenters. The molecular weight excluding hydrogens is 362 g/mol. The van der Waals surface area contributed by atoms with Crippen LogP contribution in [0, 0.1) is 0 Å². The number of urea groups is 1. The Bertz CT molecular complexity index is 788. The van der Waals surface area contributed by atoms with Gasteiger partial charge in [0.25, 0.3) is 0 Å². The predicted molar refractivity (Wildman–Crippen MR) is 107 cm³/mol. The average molecular weight is 386 g/mol. The quantitative estimate of drug-likeness (QED) is 0.817. The third-order valence-corrected chi connectivity index (χ3v) is 5.69. The molecular formula is C21H24ClN3O2. The maximum atomic E-state index is 12.1. The number of benzene rings is 2. The highest BCUT2D eigenvalue weighted by Crippen LogP contribution is 2.36. The second-order valence-electron chi connectivity index (χ2n) is 7.37. The first-order chi connectivity index (χ1) is 13.1. The van der Waals surface area contributed by atoms with Gasteiger partial charge in [-0.1, -0.05) is 35.9 Å². The zero-order chi connectivity index (χ0) is 18.7. The summed E-state index contributed by atoms with van der Waals surface area (Å²) in [7, 11) is 0. The molecule has 2 saturated heterocycles. The van der Waals surface area contributed by atoms with E-state index < -0.39 is 0 Å². The summed E-state index contributed by atoms with van der Waals surface area (Å²) in [6, 6.07) is 15.3. The van der Waals surface area contributed by atoms with Gasteiger partial charge in [0.2, 0.25) is 0 Å². The van der Waals surface area contributed by atoms with E-state index in [2.05, 4.69) is 27.7 Å². The molecule has 2 N–H and O–H groups in total. The molecule has 5 nitrogen and oxygen atoms in total. The predicted octanol–water partition coefficient (Wildman–Crippen LogP) is 4.03. The molecule has 0 bridgehead atoms. The first-order valence-electron chi connectivity index (χ1n) is 9.34. The van der Waals surface area contributed by atoms with Gasteiger partial charge in [0.05, 0.1) is 18.8 Å². The number of halogens is 1. The van der Waals surface area contributed by atoms with Gasteiger partial charge >= 0.3 is 6.03 Å². The maximum Gasteiger partial charge on any atom is 0.319 e. The number of amides is 2. The number of rotatable bonds is 5. The second kappa shape index (κ2) is 7.89. The number of nitrogens with zero attached hydrogens (tertiary/aromatic N) is 1. The third kappa shape index (κ3) is 4.26. The lowest BCUT2D eigenvalue weighted by atomic mass is 9.94.